The molecule has 0 spiro atoms. The molecule has 3 N–H and O–H groups in total. The van der Waals surface area contributed by atoms with Gasteiger partial charge >= 0.3 is 26.5 Å². The van der Waals surface area contributed by atoms with Gasteiger partial charge in [-0.2, -0.15) is 0 Å². The largest absolute Gasteiger partial charge is 0.537 e. The van der Waals surface area contributed by atoms with Gasteiger partial charge in [0, 0.05) is 14.7 Å². The van der Waals surface area contributed by atoms with Crippen LogP contribution in [-0.2, 0) is 28.0 Å². The van der Waals surface area contributed by atoms with Crippen LogP contribution in [0.5, 0.6) is 0 Å². The van der Waals surface area contributed by atoms with Gasteiger partial charge in [-0.3, -0.25) is 0 Å². The van der Waals surface area contributed by atoms with Crippen LogP contribution in [0.2, 0.25) is 0 Å². The number of hydrogen-bond donors (Lipinski definition) is 3. The molecule has 248 valence electrons. The lowest BCUT2D eigenvalue weighted by Gasteiger charge is -2.19. The van der Waals surface area contributed by atoms with E-state index in [9.17, 15) is 29.7 Å². The van der Waals surface area contributed by atoms with E-state index >= 15 is 0 Å². The fourth-order valence-corrected chi connectivity index (χ4v) is 7.96. The number of hydrogen-bond acceptors (Lipinski definition) is 12. The molecule has 0 saturated carbocycles. The highest BCUT2D eigenvalue weighted by Crippen LogP contribution is 2.44. The molecule has 0 aliphatic rings. The number of benzene rings is 6. The predicted octanol–water partition coefficient (Wildman–Crippen LogP) is 7.63. The van der Waals surface area contributed by atoms with Gasteiger partial charge in [0.1, 0.15) is 0 Å². The molecule has 0 radical (unpaired) electrons. The first-order chi connectivity index (χ1) is 23.7. The maximum absolute atomic E-state index is 13.0. The molecular formula is C36H27O9PS3. The fourth-order valence-electron chi connectivity index (χ4n) is 4.66. The average Bonchev–Trinajstić information content (AvgIpc) is 3.11. The van der Waals surface area contributed by atoms with Gasteiger partial charge in [-0.25, -0.2) is 14.4 Å². The summed E-state index contributed by atoms with van der Waals surface area (Å²) in [6, 6.07) is 38.6. The Morgan fingerprint density at radius 2 is 0.694 bits per heavy atom. The maximum Gasteiger partial charge on any atom is 0.537 e. The van der Waals surface area contributed by atoms with Crippen molar-refractivity contribution in [2.75, 3.05) is 0 Å². The lowest BCUT2D eigenvalue weighted by molar-refractivity contribution is -0.148. The van der Waals surface area contributed by atoms with Gasteiger partial charge in [-0.1, -0.05) is 126 Å². The molecule has 0 bridgehead atoms. The zero-order chi connectivity index (χ0) is 34.3. The lowest BCUT2D eigenvalue weighted by atomic mass is 10.1. The molecular weight excluding hydrogens is 704 g/mol. The first-order valence-electron chi connectivity index (χ1n) is 14.7. The van der Waals surface area contributed by atoms with E-state index in [4.69, 9.17) is 13.6 Å². The third kappa shape index (κ3) is 9.11. The first-order valence-corrected chi connectivity index (χ1v) is 18.4. The summed E-state index contributed by atoms with van der Waals surface area (Å²) in [7, 11) is -3.15. The van der Waals surface area contributed by atoms with E-state index in [1.54, 1.807) is 36.4 Å². The van der Waals surface area contributed by atoms with E-state index in [0.717, 1.165) is 67.6 Å². The molecule has 9 nitrogen and oxygen atoms in total. The second-order valence-electron chi connectivity index (χ2n) is 10.4. The van der Waals surface area contributed by atoms with E-state index < -0.39 is 42.8 Å². The Bertz CT molecular complexity index is 1910. The van der Waals surface area contributed by atoms with Crippen molar-refractivity contribution in [3.63, 3.8) is 0 Å². The van der Waals surface area contributed by atoms with E-state index in [1.807, 2.05) is 91.0 Å². The van der Waals surface area contributed by atoms with Gasteiger partial charge in [-0.05, 0) is 68.7 Å². The Labute approximate surface area is 294 Å². The van der Waals surface area contributed by atoms with Crippen molar-refractivity contribution in [1.82, 2.24) is 0 Å². The smallest absolute Gasteiger partial charge is 0.372 e. The van der Waals surface area contributed by atoms with E-state index in [2.05, 4.69) is 0 Å². The molecule has 0 aliphatic heterocycles. The zero-order valence-electron chi connectivity index (χ0n) is 25.3. The summed E-state index contributed by atoms with van der Waals surface area (Å²) in [5.74, 6) is -3.80. The van der Waals surface area contributed by atoms with Crippen LogP contribution in [0.1, 0.15) is 0 Å². The number of carbonyl (C=O) groups excluding carboxylic acids is 3. The second-order valence-corrected chi connectivity index (χ2v) is 14.8. The van der Waals surface area contributed by atoms with Crippen molar-refractivity contribution in [3.8, 4) is 0 Å². The number of aliphatic hydroxyl groups is 3. The number of aliphatic hydroxyl groups excluding tert-OH is 3. The Morgan fingerprint density at radius 1 is 0.429 bits per heavy atom. The number of fused-ring (bicyclic) bond motifs is 3. The number of carbonyl (C=O) groups is 3. The highest BCUT2D eigenvalue weighted by Gasteiger charge is 2.35. The van der Waals surface area contributed by atoms with Crippen molar-refractivity contribution in [3.05, 3.63) is 127 Å². The van der Waals surface area contributed by atoms with Gasteiger partial charge in [0.05, 0.1) is 0 Å². The number of thioether (sulfide) groups is 3. The van der Waals surface area contributed by atoms with Crippen molar-refractivity contribution < 1.29 is 43.3 Å². The zero-order valence-corrected chi connectivity index (χ0v) is 28.7. The summed E-state index contributed by atoms with van der Waals surface area (Å²) < 4.78 is 15.5. The van der Waals surface area contributed by atoms with Crippen LogP contribution in [0.3, 0.4) is 0 Å². The van der Waals surface area contributed by atoms with Gasteiger partial charge in [0.2, 0.25) is 16.3 Å². The molecule has 0 aliphatic carbocycles. The standard InChI is InChI=1S/C36H27O9PS3/c37-31(34(40)47-28-16-13-22-7-1-4-10-25(22)19-28)43-46(44-32(38)35(41)48-29-17-14-23-8-2-5-11-26(23)20-29)45-33(39)36(42)49-30-18-15-24-9-3-6-12-27(24)21-30/h1-21,34-36,40-42H. The van der Waals surface area contributed by atoms with Crippen LogP contribution in [0.25, 0.3) is 32.3 Å². The molecule has 49 heavy (non-hydrogen) atoms. The SMILES string of the molecule is O=C(OP(OC(=O)C(O)Sc1ccc2ccccc2c1)OC(=O)C(O)Sc1ccc2ccccc2c1)C(O)Sc1ccc2ccccc2c1. The summed E-state index contributed by atoms with van der Waals surface area (Å²) in [5.41, 5.74) is -5.38. The molecule has 6 rings (SSSR count). The highest BCUT2D eigenvalue weighted by atomic mass is 32.2. The van der Waals surface area contributed by atoms with Gasteiger partial charge in [0.25, 0.3) is 0 Å². The molecule has 0 fully saturated rings. The Morgan fingerprint density at radius 3 is 0.980 bits per heavy atom. The van der Waals surface area contributed by atoms with Gasteiger partial charge in [0.15, 0.2) is 0 Å². The fraction of sp³-hybridized carbons (Fsp3) is 0.0833. The van der Waals surface area contributed by atoms with Crippen LogP contribution in [0.4, 0.5) is 0 Å². The minimum atomic E-state index is -3.15. The van der Waals surface area contributed by atoms with Gasteiger partial charge < -0.3 is 28.9 Å². The Balaban J connectivity index is 1.14. The molecule has 0 amide bonds. The van der Waals surface area contributed by atoms with Crippen LogP contribution in [-0.4, -0.2) is 49.5 Å². The summed E-state index contributed by atoms with van der Waals surface area (Å²) in [5, 5.41) is 37.5. The molecule has 0 saturated heterocycles. The molecule has 0 aromatic heterocycles. The van der Waals surface area contributed by atoms with Crippen LogP contribution < -0.4 is 0 Å². The van der Waals surface area contributed by atoms with Crippen LogP contribution >= 0.6 is 43.9 Å². The summed E-state index contributed by atoms with van der Waals surface area (Å²) in [6.45, 7) is 0. The van der Waals surface area contributed by atoms with Crippen LogP contribution in [0.15, 0.2) is 142 Å². The van der Waals surface area contributed by atoms with Gasteiger partial charge in [-0.15, -0.1) is 0 Å². The Kier molecular flexibility index (Phi) is 11.4. The maximum atomic E-state index is 13.0. The minimum Gasteiger partial charge on any atom is -0.372 e. The average molecular weight is 731 g/mol. The predicted molar refractivity (Wildman–Crippen MR) is 193 cm³/mol. The molecule has 6 aromatic rings. The normalized spacial score (nSPS) is 13.8. The Hall–Kier alpha value is -4.13. The third-order valence-electron chi connectivity index (χ3n) is 7.00. The second kappa shape index (κ2) is 16.1. The summed E-state index contributed by atoms with van der Waals surface area (Å²) >= 11 is 2.30. The molecule has 13 heteroatoms. The first kappa shape index (κ1) is 34.7. The van der Waals surface area contributed by atoms with E-state index in [0.29, 0.717) is 14.7 Å². The third-order valence-corrected chi connectivity index (χ3v) is 10.8. The van der Waals surface area contributed by atoms with E-state index in [1.165, 1.54) is 0 Å². The lowest BCUT2D eigenvalue weighted by Crippen LogP contribution is -2.25. The van der Waals surface area contributed by atoms with Crippen molar-refractivity contribution in [2.45, 2.75) is 31.0 Å². The summed E-state index contributed by atoms with van der Waals surface area (Å²) in [6.07, 6.45) is 0. The monoisotopic (exact) mass is 730 g/mol. The minimum absolute atomic E-state index is 0.547. The highest BCUT2D eigenvalue weighted by molar-refractivity contribution is 8.01. The quantitative estimate of drug-likeness (QED) is 0.0648. The van der Waals surface area contributed by atoms with Crippen molar-refractivity contribution >= 4 is 94.1 Å². The number of rotatable bonds is 12. The molecule has 6 aromatic carbocycles. The van der Waals surface area contributed by atoms with Crippen molar-refractivity contribution in [2.24, 2.45) is 0 Å². The molecule has 3 unspecified atom stereocenters. The molecule has 3 atom stereocenters. The topological polar surface area (TPSA) is 140 Å². The van der Waals surface area contributed by atoms with Crippen molar-refractivity contribution in [1.29, 1.82) is 0 Å². The van der Waals surface area contributed by atoms with E-state index in [-0.39, 0.29) is 0 Å². The summed E-state index contributed by atoms with van der Waals surface area (Å²) in [4.78, 5) is 40.5. The molecule has 0 heterocycles. The van der Waals surface area contributed by atoms with Crippen LogP contribution in [0, 0.1) is 0 Å².